The van der Waals surface area contributed by atoms with Gasteiger partial charge < -0.3 is 4.98 Å². The zero-order chi connectivity index (χ0) is 11.7. The third kappa shape index (κ3) is 2.08. The van der Waals surface area contributed by atoms with Gasteiger partial charge in [0.25, 0.3) is 0 Å². The van der Waals surface area contributed by atoms with Crippen molar-refractivity contribution < 1.29 is 0 Å². The number of rotatable bonds is 3. The highest BCUT2D eigenvalue weighted by atomic mass is 15.0. The van der Waals surface area contributed by atoms with Crippen LogP contribution in [-0.2, 0) is 12.8 Å². The average Bonchev–Trinajstić information content (AvgIpc) is 2.60. The van der Waals surface area contributed by atoms with Crippen LogP contribution in [0, 0.1) is 12.8 Å². The lowest BCUT2D eigenvalue weighted by Crippen LogP contribution is -1.98. The Morgan fingerprint density at radius 1 is 1.31 bits per heavy atom. The Bertz CT molecular complexity index is 497. The highest BCUT2D eigenvalue weighted by molar-refractivity contribution is 5.74. The van der Waals surface area contributed by atoms with Gasteiger partial charge in [0.15, 0.2) is 5.65 Å². The van der Waals surface area contributed by atoms with E-state index >= 15 is 0 Å². The van der Waals surface area contributed by atoms with Crippen molar-refractivity contribution >= 4 is 11.2 Å². The van der Waals surface area contributed by atoms with Crippen molar-refractivity contribution in [3.63, 3.8) is 0 Å². The zero-order valence-electron chi connectivity index (χ0n) is 10.5. The number of nitrogens with one attached hydrogen (secondary N) is 1. The van der Waals surface area contributed by atoms with Crippen LogP contribution in [0.5, 0.6) is 0 Å². The van der Waals surface area contributed by atoms with Gasteiger partial charge in [-0.2, -0.15) is 0 Å². The molecule has 2 aromatic rings. The zero-order valence-corrected chi connectivity index (χ0v) is 10.5. The molecule has 2 rings (SSSR count). The lowest BCUT2D eigenvalue weighted by Gasteiger charge is -2.05. The van der Waals surface area contributed by atoms with E-state index < -0.39 is 0 Å². The molecule has 0 aliphatic carbocycles. The van der Waals surface area contributed by atoms with Crippen LogP contribution in [0.25, 0.3) is 11.2 Å². The largest absolute Gasteiger partial charge is 0.340 e. The van der Waals surface area contributed by atoms with Crippen molar-refractivity contribution in [2.45, 2.75) is 40.5 Å². The molecule has 0 aliphatic rings. The van der Waals surface area contributed by atoms with E-state index in [9.17, 15) is 0 Å². The molecule has 3 nitrogen and oxygen atoms in total. The predicted molar refractivity (Wildman–Crippen MR) is 66.5 cm³/mol. The molecule has 0 saturated carbocycles. The molecule has 86 valence electrons. The van der Waals surface area contributed by atoms with E-state index in [1.54, 1.807) is 0 Å². The maximum absolute atomic E-state index is 4.60. The third-order valence-electron chi connectivity index (χ3n) is 2.71. The molecule has 0 radical (unpaired) electrons. The minimum absolute atomic E-state index is 0.633. The highest BCUT2D eigenvalue weighted by Gasteiger charge is 2.08. The summed E-state index contributed by atoms with van der Waals surface area (Å²) < 4.78 is 0. The summed E-state index contributed by atoms with van der Waals surface area (Å²) in [7, 11) is 0. The summed E-state index contributed by atoms with van der Waals surface area (Å²) in [6.07, 6.45) is 1.94. The molecule has 1 N–H and O–H groups in total. The van der Waals surface area contributed by atoms with Crippen molar-refractivity contribution in [3.8, 4) is 0 Å². The monoisotopic (exact) mass is 217 g/mol. The number of nitrogens with zero attached hydrogens (tertiary/aromatic N) is 2. The molecule has 0 saturated heterocycles. The molecule has 0 aliphatic heterocycles. The fourth-order valence-corrected chi connectivity index (χ4v) is 1.95. The molecule has 0 spiro atoms. The maximum Gasteiger partial charge on any atom is 0.178 e. The summed E-state index contributed by atoms with van der Waals surface area (Å²) in [6, 6.07) is 2.17. The molecule has 3 heteroatoms. The minimum atomic E-state index is 0.633. The first kappa shape index (κ1) is 11.1. The maximum atomic E-state index is 4.60. The standard InChI is InChI=1S/C13H19N3/c1-5-11-15-12-9(4)7-10(6-8(2)3)14-13(12)16-11/h7-8H,5-6H2,1-4H3,(H,14,15,16). The normalized spacial score (nSPS) is 11.6. The van der Waals surface area contributed by atoms with Gasteiger partial charge >= 0.3 is 0 Å². The molecule has 0 atom stereocenters. The van der Waals surface area contributed by atoms with E-state index in [0.29, 0.717) is 5.92 Å². The first-order chi connectivity index (χ1) is 7.60. The number of pyridine rings is 1. The Morgan fingerprint density at radius 3 is 2.69 bits per heavy atom. The van der Waals surface area contributed by atoms with Gasteiger partial charge in [-0.3, -0.25) is 0 Å². The third-order valence-corrected chi connectivity index (χ3v) is 2.71. The molecule has 0 bridgehead atoms. The predicted octanol–water partition coefficient (Wildman–Crippen LogP) is 3.03. The second-order valence-electron chi connectivity index (χ2n) is 4.76. The Kier molecular flexibility index (Phi) is 2.95. The van der Waals surface area contributed by atoms with Crippen LogP contribution in [0.2, 0.25) is 0 Å². The van der Waals surface area contributed by atoms with Gasteiger partial charge in [-0.05, 0) is 30.9 Å². The van der Waals surface area contributed by atoms with Crippen LogP contribution in [-0.4, -0.2) is 15.0 Å². The van der Waals surface area contributed by atoms with Gasteiger partial charge in [-0.25, -0.2) is 9.97 Å². The summed E-state index contributed by atoms with van der Waals surface area (Å²) in [5, 5.41) is 0. The van der Waals surface area contributed by atoms with Crippen molar-refractivity contribution in [1.29, 1.82) is 0 Å². The second kappa shape index (κ2) is 4.24. The van der Waals surface area contributed by atoms with Crippen LogP contribution in [0.3, 0.4) is 0 Å². The summed E-state index contributed by atoms with van der Waals surface area (Å²) in [5.41, 5.74) is 4.35. The van der Waals surface area contributed by atoms with Crippen LogP contribution in [0.4, 0.5) is 0 Å². The average molecular weight is 217 g/mol. The van der Waals surface area contributed by atoms with Crippen LogP contribution in [0.15, 0.2) is 6.07 Å². The molecular weight excluding hydrogens is 198 g/mol. The summed E-state index contributed by atoms with van der Waals surface area (Å²) >= 11 is 0. The number of aromatic amines is 1. The van der Waals surface area contributed by atoms with Gasteiger partial charge in [0.2, 0.25) is 0 Å². The molecule has 2 aromatic heterocycles. The van der Waals surface area contributed by atoms with Crippen LogP contribution >= 0.6 is 0 Å². The van der Waals surface area contributed by atoms with Gasteiger partial charge in [-0.1, -0.05) is 20.8 Å². The lowest BCUT2D eigenvalue weighted by molar-refractivity contribution is 0.636. The minimum Gasteiger partial charge on any atom is -0.340 e. The SMILES string of the molecule is CCc1nc2nc(CC(C)C)cc(C)c2[nH]1. The van der Waals surface area contributed by atoms with E-state index in [2.05, 4.69) is 48.7 Å². The summed E-state index contributed by atoms with van der Waals surface area (Å²) in [5.74, 6) is 1.65. The molecule has 0 fully saturated rings. The highest BCUT2D eigenvalue weighted by Crippen LogP contribution is 2.17. The van der Waals surface area contributed by atoms with E-state index in [4.69, 9.17) is 0 Å². The summed E-state index contributed by atoms with van der Waals surface area (Å²) in [4.78, 5) is 12.4. The van der Waals surface area contributed by atoms with E-state index in [0.717, 1.165) is 35.5 Å². The number of hydrogen-bond acceptors (Lipinski definition) is 2. The van der Waals surface area contributed by atoms with Crippen LogP contribution in [0.1, 0.15) is 37.9 Å². The van der Waals surface area contributed by atoms with Gasteiger partial charge in [0.05, 0.1) is 5.52 Å². The fraction of sp³-hybridized carbons (Fsp3) is 0.538. The number of fused-ring (bicyclic) bond motifs is 1. The lowest BCUT2D eigenvalue weighted by atomic mass is 10.1. The molecule has 2 heterocycles. The Balaban J connectivity index is 2.48. The van der Waals surface area contributed by atoms with E-state index in [1.807, 2.05) is 0 Å². The summed E-state index contributed by atoms with van der Waals surface area (Å²) in [6.45, 7) is 8.64. The quantitative estimate of drug-likeness (QED) is 0.858. The molecular formula is C13H19N3. The first-order valence-corrected chi connectivity index (χ1v) is 5.95. The number of aromatic nitrogens is 3. The smallest absolute Gasteiger partial charge is 0.178 e. The Labute approximate surface area is 96.3 Å². The van der Waals surface area contributed by atoms with Crippen molar-refractivity contribution in [2.75, 3.05) is 0 Å². The molecule has 16 heavy (non-hydrogen) atoms. The first-order valence-electron chi connectivity index (χ1n) is 5.95. The molecule has 0 amide bonds. The second-order valence-corrected chi connectivity index (χ2v) is 4.76. The molecule has 0 unspecified atom stereocenters. The van der Waals surface area contributed by atoms with Crippen molar-refractivity contribution in [2.24, 2.45) is 5.92 Å². The van der Waals surface area contributed by atoms with Crippen molar-refractivity contribution in [1.82, 2.24) is 15.0 Å². The van der Waals surface area contributed by atoms with E-state index in [1.165, 1.54) is 5.56 Å². The number of imidazole rings is 1. The number of aryl methyl sites for hydroxylation is 2. The van der Waals surface area contributed by atoms with Gasteiger partial charge in [0.1, 0.15) is 5.82 Å². The van der Waals surface area contributed by atoms with Gasteiger partial charge in [-0.15, -0.1) is 0 Å². The van der Waals surface area contributed by atoms with Crippen molar-refractivity contribution in [3.05, 3.63) is 23.1 Å². The Morgan fingerprint density at radius 2 is 2.06 bits per heavy atom. The number of H-pyrrole nitrogens is 1. The number of hydrogen-bond donors (Lipinski definition) is 1. The van der Waals surface area contributed by atoms with Crippen LogP contribution < -0.4 is 0 Å². The topological polar surface area (TPSA) is 41.6 Å². The van der Waals surface area contributed by atoms with Gasteiger partial charge in [0, 0.05) is 12.1 Å². The van der Waals surface area contributed by atoms with E-state index in [-0.39, 0.29) is 0 Å². The molecule has 0 aromatic carbocycles. The Hall–Kier alpha value is -1.38. The fourth-order valence-electron chi connectivity index (χ4n) is 1.95.